The van der Waals surface area contributed by atoms with Crippen LogP contribution in [0, 0.1) is 6.92 Å². The molecule has 1 heterocycles. The fourth-order valence-electron chi connectivity index (χ4n) is 1.62. The summed E-state index contributed by atoms with van der Waals surface area (Å²) in [6, 6.07) is 6.30. The van der Waals surface area contributed by atoms with E-state index in [1.54, 1.807) is 30.8 Å². The van der Waals surface area contributed by atoms with Crippen LogP contribution in [0.4, 0.5) is 5.69 Å². The monoisotopic (exact) mass is 297 g/mol. The topological polar surface area (TPSA) is 76.3 Å². The molecule has 2 N–H and O–H groups in total. The fraction of sp³-hybridized carbons (Fsp3) is 0.250. The van der Waals surface area contributed by atoms with Crippen molar-refractivity contribution >= 4 is 27.0 Å². The quantitative estimate of drug-likeness (QED) is 0.874. The molecular formula is C12H15N3O2S2. The highest BCUT2D eigenvalue weighted by molar-refractivity contribution is 7.89. The summed E-state index contributed by atoms with van der Waals surface area (Å²) in [5.41, 5.74) is 8.63. The van der Waals surface area contributed by atoms with E-state index in [-0.39, 0.29) is 4.90 Å². The molecule has 0 bridgehead atoms. The SMILES string of the molecule is Cc1ncsc1CN(C)S(=O)(=O)c1cccc(N)c1. The predicted molar refractivity (Wildman–Crippen MR) is 76.4 cm³/mol. The molecule has 0 spiro atoms. The molecule has 0 saturated carbocycles. The number of nitrogens with zero attached hydrogens (tertiary/aromatic N) is 2. The van der Waals surface area contributed by atoms with E-state index in [4.69, 9.17) is 5.73 Å². The molecule has 7 heteroatoms. The van der Waals surface area contributed by atoms with Crippen LogP contribution in [0.3, 0.4) is 0 Å². The number of rotatable bonds is 4. The van der Waals surface area contributed by atoms with Crippen LogP contribution >= 0.6 is 11.3 Å². The summed E-state index contributed by atoms with van der Waals surface area (Å²) in [7, 11) is -1.97. The highest BCUT2D eigenvalue weighted by Crippen LogP contribution is 2.21. The maximum absolute atomic E-state index is 12.4. The van der Waals surface area contributed by atoms with Crippen LogP contribution < -0.4 is 5.73 Å². The maximum atomic E-state index is 12.4. The lowest BCUT2D eigenvalue weighted by molar-refractivity contribution is 0.468. The van der Waals surface area contributed by atoms with Gasteiger partial charge in [-0.15, -0.1) is 11.3 Å². The first-order chi connectivity index (χ1) is 8.91. The van der Waals surface area contributed by atoms with Gasteiger partial charge in [-0.05, 0) is 25.1 Å². The number of anilines is 1. The molecule has 0 unspecified atom stereocenters. The van der Waals surface area contributed by atoms with E-state index >= 15 is 0 Å². The average Bonchev–Trinajstić information content (AvgIpc) is 2.75. The minimum absolute atomic E-state index is 0.206. The summed E-state index contributed by atoms with van der Waals surface area (Å²) in [6.45, 7) is 2.18. The Morgan fingerprint density at radius 3 is 2.74 bits per heavy atom. The third-order valence-electron chi connectivity index (χ3n) is 2.78. The average molecular weight is 297 g/mol. The van der Waals surface area contributed by atoms with Gasteiger partial charge in [0.15, 0.2) is 0 Å². The molecule has 5 nitrogen and oxygen atoms in total. The third-order valence-corrected chi connectivity index (χ3v) is 5.50. The van der Waals surface area contributed by atoms with Gasteiger partial charge in [0.05, 0.1) is 16.1 Å². The number of thiazole rings is 1. The largest absolute Gasteiger partial charge is 0.399 e. The molecule has 0 aliphatic heterocycles. The second kappa shape index (κ2) is 5.28. The van der Waals surface area contributed by atoms with Gasteiger partial charge in [-0.3, -0.25) is 0 Å². The number of benzene rings is 1. The Balaban J connectivity index is 2.27. The van der Waals surface area contributed by atoms with E-state index in [9.17, 15) is 8.42 Å². The van der Waals surface area contributed by atoms with Crippen molar-refractivity contribution in [2.24, 2.45) is 0 Å². The van der Waals surface area contributed by atoms with Crippen molar-refractivity contribution in [3.8, 4) is 0 Å². The lowest BCUT2D eigenvalue weighted by Gasteiger charge is -2.16. The van der Waals surface area contributed by atoms with Crippen molar-refractivity contribution in [3.63, 3.8) is 0 Å². The van der Waals surface area contributed by atoms with Gasteiger partial charge in [-0.2, -0.15) is 4.31 Å². The standard InChI is InChI=1S/C12H15N3O2S2/c1-9-12(18-8-14-9)7-15(2)19(16,17)11-5-3-4-10(13)6-11/h3-6,8H,7,13H2,1-2H3. The summed E-state index contributed by atoms with van der Waals surface area (Å²) in [4.78, 5) is 5.26. The van der Waals surface area contributed by atoms with Crippen molar-refractivity contribution in [1.29, 1.82) is 0 Å². The summed E-state index contributed by atoms with van der Waals surface area (Å²) < 4.78 is 26.1. The Labute approximate surface area is 116 Å². The second-order valence-corrected chi connectivity index (χ2v) is 7.18. The van der Waals surface area contributed by atoms with Crippen molar-refractivity contribution in [2.45, 2.75) is 18.4 Å². The van der Waals surface area contributed by atoms with Crippen LogP contribution in [0.2, 0.25) is 0 Å². The molecule has 0 radical (unpaired) electrons. The van der Waals surface area contributed by atoms with Gasteiger partial charge < -0.3 is 5.73 Å². The highest BCUT2D eigenvalue weighted by Gasteiger charge is 2.22. The van der Waals surface area contributed by atoms with Crippen molar-refractivity contribution in [3.05, 3.63) is 40.3 Å². The van der Waals surface area contributed by atoms with Crippen molar-refractivity contribution < 1.29 is 8.42 Å². The van der Waals surface area contributed by atoms with E-state index in [0.717, 1.165) is 10.6 Å². The number of hydrogen-bond donors (Lipinski definition) is 1. The van der Waals surface area contributed by atoms with Gasteiger partial charge in [0, 0.05) is 24.2 Å². The molecule has 102 valence electrons. The molecular weight excluding hydrogens is 282 g/mol. The van der Waals surface area contributed by atoms with Crippen LogP contribution in [0.5, 0.6) is 0 Å². The smallest absolute Gasteiger partial charge is 0.243 e. The molecule has 2 rings (SSSR count). The fourth-order valence-corrected chi connectivity index (χ4v) is 3.73. The molecule has 1 aromatic heterocycles. The molecule has 0 fully saturated rings. The maximum Gasteiger partial charge on any atom is 0.243 e. The van der Waals surface area contributed by atoms with Crippen LogP contribution in [-0.4, -0.2) is 24.8 Å². The Morgan fingerprint density at radius 2 is 2.16 bits per heavy atom. The molecule has 0 amide bonds. The number of aromatic nitrogens is 1. The van der Waals surface area contributed by atoms with Crippen LogP contribution in [0.15, 0.2) is 34.7 Å². The lowest BCUT2D eigenvalue weighted by atomic mass is 10.3. The van der Waals surface area contributed by atoms with Gasteiger partial charge in [-0.1, -0.05) is 6.07 Å². The normalized spacial score (nSPS) is 11.9. The van der Waals surface area contributed by atoms with E-state index in [1.807, 2.05) is 6.92 Å². The Bertz CT molecular complexity index is 680. The Morgan fingerprint density at radius 1 is 1.42 bits per heavy atom. The van der Waals surface area contributed by atoms with E-state index in [0.29, 0.717) is 12.2 Å². The predicted octanol–water partition coefficient (Wildman–Crippen LogP) is 1.85. The lowest BCUT2D eigenvalue weighted by Crippen LogP contribution is -2.26. The molecule has 0 atom stereocenters. The first-order valence-electron chi connectivity index (χ1n) is 5.62. The zero-order valence-corrected chi connectivity index (χ0v) is 12.3. The number of hydrogen-bond acceptors (Lipinski definition) is 5. The molecule has 2 aromatic rings. The first kappa shape index (κ1) is 14.0. The summed E-state index contributed by atoms with van der Waals surface area (Å²) in [5.74, 6) is 0. The molecule has 1 aromatic carbocycles. The summed E-state index contributed by atoms with van der Waals surface area (Å²) in [6.07, 6.45) is 0. The number of sulfonamides is 1. The summed E-state index contributed by atoms with van der Waals surface area (Å²) >= 11 is 1.45. The first-order valence-corrected chi connectivity index (χ1v) is 7.94. The van der Waals surface area contributed by atoms with Crippen LogP contribution in [0.1, 0.15) is 10.6 Å². The second-order valence-electron chi connectivity index (χ2n) is 4.19. The molecule has 0 aliphatic rings. The van der Waals surface area contributed by atoms with Gasteiger partial charge >= 0.3 is 0 Å². The van der Waals surface area contributed by atoms with Crippen LogP contribution in [0.25, 0.3) is 0 Å². The molecule has 19 heavy (non-hydrogen) atoms. The Hall–Kier alpha value is -1.44. The molecule has 0 saturated heterocycles. The van der Waals surface area contributed by atoms with Gasteiger partial charge in [-0.25, -0.2) is 13.4 Å². The zero-order valence-electron chi connectivity index (χ0n) is 10.7. The van der Waals surface area contributed by atoms with E-state index in [2.05, 4.69) is 4.98 Å². The van der Waals surface area contributed by atoms with Gasteiger partial charge in [0.25, 0.3) is 0 Å². The minimum atomic E-state index is -3.52. The van der Waals surface area contributed by atoms with Crippen molar-refractivity contribution in [1.82, 2.24) is 9.29 Å². The van der Waals surface area contributed by atoms with Gasteiger partial charge in [0.2, 0.25) is 10.0 Å². The Kier molecular flexibility index (Phi) is 3.88. The third kappa shape index (κ3) is 2.94. The highest BCUT2D eigenvalue weighted by atomic mass is 32.2. The number of nitrogen functional groups attached to an aromatic ring is 1. The zero-order chi connectivity index (χ0) is 14.0. The summed E-state index contributed by atoms with van der Waals surface area (Å²) in [5, 5.41) is 0. The minimum Gasteiger partial charge on any atom is -0.399 e. The number of aryl methyl sites for hydroxylation is 1. The number of nitrogens with two attached hydrogens (primary N) is 1. The van der Waals surface area contributed by atoms with E-state index < -0.39 is 10.0 Å². The van der Waals surface area contributed by atoms with Crippen molar-refractivity contribution in [2.75, 3.05) is 12.8 Å². The molecule has 0 aliphatic carbocycles. The van der Waals surface area contributed by atoms with Crippen LogP contribution in [-0.2, 0) is 16.6 Å². The van der Waals surface area contributed by atoms with Gasteiger partial charge in [0.1, 0.15) is 0 Å². The van der Waals surface area contributed by atoms with E-state index in [1.165, 1.54) is 21.7 Å².